The van der Waals surface area contributed by atoms with Crippen molar-refractivity contribution in [3.63, 3.8) is 0 Å². The largest absolute Gasteiger partial charge is 0.384 e. The van der Waals surface area contributed by atoms with Crippen LogP contribution in [-0.4, -0.2) is 13.7 Å². The molecule has 9 heavy (non-hydrogen) atoms. The molecule has 1 rings (SSSR count). The Bertz CT molecular complexity index is 101. The molecule has 1 fully saturated rings. The maximum absolute atomic E-state index is 5.12. The van der Waals surface area contributed by atoms with E-state index >= 15 is 0 Å². The summed E-state index contributed by atoms with van der Waals surface area (Å²) in [7, 11) is 1.79. The molecule has 0 aromatic heterocycles. The van der Waals surface area contributed by atoms with Crippen LogP contribution < -0.4 is 0 Å². The van der Waals surface area contributed by atoms with E-state index in [2.05, 4.69) is 13.8 Å². The van der Waals surface area contributed by atoms with Crippen molar-refractivity contribution < 1.29 is 4.74 Å². The molecule has 0 heterocycles. The monoisotopic (exact) mass is 128 g/mol. The van der Waals surface area contributed by atoms with Crippen molar-refractivity contribution in [1.29, 1.82) is 0 Å². The van der Waals surface area contributed by atoms with Crippen LogP contribution in [-0.2, 0) is 4.74 Å². The molecular formula is C8H16O. The van der Waals surface area contributed by atoms with Gasteiger partial charge in [-0.3, -0.25) is 0 Å². The molecule has 2 unspecified atom stereocenters. The number of methoxy groups -OCH3 is 1. The van der Waals surface area contributed by atoms with E-state index in [4.69, 9.17) is 4.74 Å². The van der Waals surface area contributed by atoms with Gasteiger partial charge < -0.3 is 4.74 Å². The molecule has 1 heteroatoms. The molecule has 0 bridgehead atoms. The van der Waals surface area contributed by atoms with Crippen molar-refractivity contribution in [3.8, 4) is 0 Å². The Hall–Kier alpha value is -0.0400. The van der Waals surface area contributed by atoms with Crippen LogP contribution >= 0.6 is 0 Å². The fourth-order valence-electron chi connectivity index (χ4n) is 1.47. The van der Waals surface area contributed by atoms with Gasteiger partial charge in [-0.05, 0) is 24.2 Å². The molecule has 0 radical (unpaired) electrons. The Morgan fingerprint density at radius 2 is 2.33 bits per heavy atom. The zero-order valence-electron chi connectivity index (χ0n) is 6.61. The van der Waals surface area contributed by atoms with Crippen LogP contribution in [0.5, 0.6) is 0 Å². The normalized spacial score (nSPS) is 42.3. The van der Waals surface area contributed by atoms with E-state index < -0.39 is 0 Å². The van der Waals surface area contributed by atoms with Gasteiger partial charge in [0.2, 0.25) is 0 Å². The molecule has 1 aliphatic carbocycles. The third kappa shape index (κ3) is 1.11. The molecule has 0 spiro atoms. The molecule has 1 saturated carbocycles. The average Bonchev–Trinajstić information content (AvgIpc) is 1.86. The summed E-state index contributed by atoms with van der Waals surface area (Å²) in [4.78, 5) is 0. The first-order valence-corrected chi connectivity index (χ1v) is 3.68. The van der Waals surface area contributed by atoms with Gasteiger partial charge in [0.25, 0.3) is 0 Å². The molecule has 2 atom stereocenters. The summed E-state index contributed by atoms with van der Waals surface area (Å²) < 4.78 is 5.12. The molecule has 0 aliphatic heterocycles. The maximum atomic E-state index is 5.12. The number of rotatable bonds is 2. The van der Waals surface area contributed by atoms with Crippen molar-refractivity contribution in [2.45, 2.75) is 26.7 Å². The zero-order chi connectivity index (χ0) is 6.91. The molecule has 1 nitrogen and oxygen atoms in total. The van der Waals surface area contributed by atoms with Crippen LogP contribution in [0.15, 0.2) is 0 Å². The topological polar surface area (TPSA) is 9.23 Å². The second kappa shape index (κ2) is 2.30. The fraction of sp³-hybridized carbons (Fsp3) is 1.00. The van der Waals surface area contributed by atoms with Gasteiger partial charge in [0.1, 0.15) is 0 Å². The predicted octanol–water partition coefficient (Wildman–Crippen LogP) is 2.07. The molecule has 0 aromatic rings. The van der Waals surface area contributed by atoms with E-state index in [1.807, 2.05) is 0 Å². The van der Waals surface area contributed by atoms with Gasteiger partial charge >= 0.3 is 0 Å². The van der Waals surface area contributed by atoms with Gasteiger partial charge in [-0.1, -0.05) is 13.8 Å². The van der Waals surface area contributed by atoms with Crippen LogP contribution in [0.1, 0.15) is 26.7 Å². The van der Waals surface area contributed by atoms with Gasteiger partial charge in [-0.25, -0.2) is 0 Å². The highest BCUT2D eigenvalue weighted by molar-refractivity contribution is 4.89. The number of hydrogen-bond donors (Lipinski definition) is 0. The minimum Gasteiger partial charge on any atom is -0.384 e. The maximum Gasteiger partial charge on any atom is 0.0518 e. The summed E-state index contributed by atoms with van der Waals surface area (Å²) in [5, 5.41) is 0. The van der Waals surface area contributed by atoms with Crippen LogP contribution in [0.2, 0.25) is 0 Å². The molecular weight excluding hydrogens is 112 g/mol. The summed E-state index contributed by atoms with van der Waals surface area (Å²) in [5.41, 5.74) is 0.509. The summed E-state index contributed by atoms with van der Waals surface area (Å²) >= 11 is 0. The van der Waals surface area contributed by atoms with Crippen molar-refractivity contribution in [3.05, 3.63) is 0 Å². The highest BCUT2D eigenvalue weighted by atomic mass is 16.5. The lowest BCUT2D eigenvalue weighted by atomic mass is 9.63. The number of hydrogen-bond acceptors (Lipinski definition) is 1. The average molecular weight is 128 g/mol. The Kier molecular flexibility index (Phi) is 1.80. The minimum atomic E-state index is 0.509. The second-order valence-corrected chi connectivity index (χ2v) is 3.53. The Morgan fingerprint density at radius 1 is 1.67 bits per heavy atom. The first-order valence-electron chi connectivity index (χ1n) is 3.68. The van der Waals surface area contributed by atoms with Gasteiger partial charge in [0.15, 0.2) is 0 Å². The van der Waals surface area contributed by atoms with Crippen molar-refractivity contribution in [2.75, 3.05) is 13.7 Å². The first kappa shape index (κ1) is 7.07. The third-order valence-corrected chi connectivity index (χ3v) is 2.81. The summed E-state index contributed by atoms with van der Waals surface area (Å²) in [5.74, 6) is 0.873. The Morgan fingerprint density at radius 3 is 2.44 bits per heavy atom. The van der Waals surface area contributed by atoms with E-state index in [0.29, 0.717) is 5.41 Å². The van der Waals surface area contributed by atoms with E-state index in [9.17, 15) is 0 Å². The SMILES string of the molecule is COCC1(C)CCC1C. The lowest BCUT2D eigenvalue weighted by Crippen LogP contribution is -2.39. The molecule has 0 N–H and O–H groups in total. The van der Waals surface area contributed by atoms with Gasteiger partial charge in [-0.2, -0.15) is 0 Å². The quantitative estimate of drug-likeness (QED) is 0.553. The minimum absolute atomic E-state index is 0.509. The standard InChI is InChI=1S/C8H16O/c1-7-4-5-8(7,2)6-9-3/h7H,4-6H2,1-3H3. The van der Waals surface area contributed by atoms with Gasteiger partial charge in [-0.15, -0.1) is 0 Å². The lowest BCUT2D eigenvalue weighted by Gasteiger charge is -2.44. The van der Waals surface area contributed by atoms with Crippen LogP contribution in [0.3, 0.4) is 0 Å². The van der Waals surface area contributed by atoms with E-state index in [0.717, 1.165) is 12.5 Å². The zero-order valence-corrected chi connectivity index (χ0v) is 6.61. The third-order valence-electron chi connectivity index (χ3n) is 2.81. The smallest absolute Gasteiger partial charge is 0.0518 e. The second-order valence-electron chi connectivity index (χ2n) is 3.53. The van der Waals surface area contributed by atoms with Gasteiger partial charge in [0.05, 0.1) is 6.61 Å². The van der Waals surface area contributed by atoms with Gasteiger partial charge in [0, 0.05) is 7.11 Å². The van der Waals surface area contributed by atoms with Crippen LogP contribution in [0.25, 0.3) is 0 Å². The summed E-state index contributed by atoms with van der Waals surface area (Å²) in [6.07, 6.45) is 2.74. The van der Waals surface area contributed by atoms with Crippen LogP contribution in [0.4, 0.5) is 0 Å². The molecule has 54 valence electrons. The highest BCUT2D eigenvalue weighted by Gasteiger charge is 2.39. The molecule has 1 aliphatic rings. The van der Waals surface area contributed by atoms with E-state index in [1.165, 1.54) is 12.8 Å². The first-order chi connectivity index (χ1) is 4.19. The molecule has 0 aromatic carbocycles. The Balaban J connectivity index is 2.34. The predicted molar refractivity (Wildman–Crippen MR) is 38.4 cm³/mol. The molecule has 0 saturated heterocycles. The molecule has 0 amide bonds. The van der Waals surface area contributed by atoms with Crippen molar-refractivity contribution >= 4 is 0 Å². The fourth-order valence-corrected chi connectivity index (χ4v) is 1.47. The van der Waals surface area contributed by atoms with E-state index in [1.54, 1.807) is 7.11 Å². The van der Waals surface area contributed by atoms with Crippen molar-refractivity contribution in [2.24, 2.45) is 11.3 Å². The highest BCUT2D eigenvalue weighted by Crippen LogP contribution is 2.45. The van der Waals surface area contributed by atoms with E-state index in [-0.39, 0.29) is 0 Å². The Labute approximate surface area is 57.4 Å². The van der Waals surface area contributed by atoms with Crippen LogP contribution in [0, 0.1) is 11.3 Å². The summed E-state index contributed by atoms with van der Waals surface area (Å²) in [6, 6.07) is 0. The number of ether oxygens (including phenoxy) is 1. The lowest BCUT2D eigenvalue weighted by molar-refractivity contribution is -0.0189. The summed E-state index contributed by atoms with van der Waals surface area (Å²) in [6.45, 7) is 5.56. The van der Waals surface area contributed by atoms with Crippen molar-refractivity contribution in [1.82, 2.24) is 0 Å².